The second-order valence-electron chi connectivity index (χ2n) is 8.42. The van der Waals surface area contributed by atoms with E-state index in [0.29, 0.717) is 24.5 Å². The minimum absolute atomic E-state index is 0.123. The first kappa shape index (κ1) is 27.2. The van der Waals surface area contributed by atoms with Crippen LogP contribution < -0.4 is 19.1 Å². The van der Waals surface area contributed by atoms with Gasteiger partial charge in [0.2, 0.25) is 0 Å². The molecule has 36 heavy (non-hydrogen) atoms. The predicted octanol–water partition coefficient (Wildman–Crippen LogP) is 5.38. The number of aryl methyl sites for hydroxylation is 1. The fraction of sp³-hybridized carbons (Fsp3) is 0.320. The van der Waals surface area contributed by atoms with E-state index in [4.69, 9.17) is 9.47 Å². The fourth-order valence-corrected chi connectivity index (χ4v) is 6.21. The number of sulfonamides is 1. The number of nitrogens with one attached hydrogen (secondary N) is 1. The van der Waals surface area contributed by atoms with Gasteiger partial charge in [-0.2, -0.15) is 0 Å². The van der Waals surface area contributed by atoms with Crippen molar-refractivity contribution in [2.24, 2.45) is 0 Å². The highest BCUT2D eigenvalue weighted by Crippen LogP contribution is 2.43. The molecular weight excluding hydrogens is 501 g/mol. The molecule has 1 aromatic heterocycles. The lowest BCUT2D eigenvalue weighted by Crippen LogP contribution is -2.45. The summed E-state index contributed by atoms with van der Waals surface area (Å²) < 4.78 is 64.8. The van der Waals surface area contributed by atoms with E-state index in [1.807, 2.05) is 12.1 Å². The zero-order valence-electron chi connectivity index (χ0n) is 20.7. The highest BCUT2D eigenvalue weighted by atomic mass is 32.2. The number of aromatic nitrogens is 1. The van der Waals surface area contributed by atoms with Crippen LogP contribution in [0.2, 0.25) is 0 Å². The number of hydrogen-bond donors (Lipinski definition) is 1. The minimum Gasteiger partial charge on any atom is -0.492 e. The van der Waals surface area contributed by atoms with Crippen LogP contribution in [0.4, 0.5) is 11.4 Å². The van der Waals surface area contributed by atoms with Crippen LogP contribution in [0.15, 0.2) is 71.9 Å². The summed E-state index contributed by atoms with van der Waals surface area (Å²) in [5.41, 5.74) is 1.77. The van der Waals surface area contributed by atoms with Gasteiger partial charge in [0.25, 0.3) is 10.0 Å². The molecule has 0 saturated carbocycles. The Morgan fingerprint density at radius 3 is 2.39 bits per heavy atom. The fourth-order valence-electron chi connectivity index (χ4n) is 3.62. The molecule has 11 heteroatoms. The van der Waals surface area contributed by atoms with Gasteiger partial charge < -0.3 is 14.8 Å². The van der Waals surface area contributed by atoms with E-state index in [1.165, 1.54) is 26.0 Å². The molecular formula is C25H30N3O6PS. The maximum atomic E-state index is 13.9. The molecule has 0 aliphatic carbocycles. The van der Waals surface area contributed by atoms with Crippen LogP contribution in [-0.2, 0) is 19.2 Å². The molecule has 1 heterocycles. The molecule has 0 amide bonds. The molecule has 0 spiro atoms. The third-order valence-corrected chi connectivity index (χ3v) is 8.53. The van der Waals surface area contributed by atoms with E-state index < -0.39 is 23.0 Å². The van der Waals surface area contributed by atoms with Gasteiger partial charge in [-0.3, -0.25) is 4.98 Å². The number of ether oxygens (including phenoxy) is 2. The summed E-state index contributed by atoms with van der Waals surface area (Å²) in [7, 11) is -7.54. The Hall–Kier alpha value is -3.36. The monoisotopic (exact) mass is 531 g/mol. The molecule has 0 fully saturated rings. The van der Waals surface area contributed by atoms with Crippen LogP contribution in [0.25, 0.3) is 0 Å². The molecule has 0 aliphatic heterocycles. The predicted molar refractivity (Wildman–Crippen MR) is 139 cm³/mol. The summed E-state index contributed by atoms with van der Waals surface area (Å²) in [5, 5.41) is 1.43. The lowest BCUT2D eigenvalue weighted by Gasteiger charge is -2.34. The quantitative estimate of drug-likeness (QED) is 0.245. The molecule has 192 valence electrons. The summed E-state index contributed by atoms with van der Waals surface area (Å²) in [6.07, 6.45) is 3.36. The zero-order chi connectivity index (χ0) is 26.3. The Morgan fingerprint density at radius 1 is 1.03 bits per heavy atom. The van der Waals surface area contributed by atoms with E-state index in [9.17, 15) is 17.5 Å². The van der Waals surface area contributed by atoms with Crippen LogP contribution >= 0.6 is 7.68 Å². The van der Waals surface area contributed by atoms with Gasteiger partial charge in [0.1, 0.15) is 23.0 Å². The maximum absolute atomic E-state index is 13.9. The number of para-hydroxylation sites is 1. The highest BCUT2D eigenvalue weighted by molar-refractivity contribution is 7.93. The van der Waals surface area contributed by atoms with Crippen LogP contribution in [0.1, 0.15) is 26.3 Å². The Labute approximate surface area is 212 Å². The largest absolute Gasteiger partial charge is 0.492 e. The first-order chi connectivity index (χ1) is 17.1. The van der Waals surface area contributed by atoms with E-state index in [0.717, 1.165) is 9.99 Å². The standard InChI is InChI=1S/C25H30N3O6PS/c1-5-33-23-8-6-7-9-24(23)36(31,32)28(25(3,4)35(29)30)21-16-19(2)17-22(18-21)34-15-14-27-20-10-12-26-13-11-20/h6-13,16-18H,5,14-15H2,1-4H3,(H,26,27). The molecule has 2 aromatic carbocycles. The summed E-state index contributed by atoms with van der Waals surface area (Å²) in [5.74, 6) is 0.560. The van der Waals surface area contributed by atoms with Crippen molar-refractivity contribution in [3.05, 3.63) is 72.6 Å². The molecule has 9 nitrogen and oxygen atoms in total. The Balaban J connectivity index is 1.98. The van der Waals surface area contributed by atoms with Crippen LogP contribution in [0, 0.1) is 6.92 Å². The third-order valence-electron chi connectivity index (χ3n) is 5.26. The van der Waals surface area contributed by atoms with E-state index >= 15 is 0 Å². The second kappa shape index (κ2) is 11.6. The topological polar surface area (TPSA) is 115 Å². The first-order valence-electron chi connectivity index (χ1n) is 11.4. The smallest absolute Gasteiger partial charge is 0.342 e. The summed E-state index contributed by atoms with van der Waals surface area (Å²) >= 11 is 0. The van der Waals surface area contributed by atoms with Crippen molar-refractivity contribution < 1.29 is 27.0 Å². The number of nitrogens with zero attached hydrogens (tertiary/aromatic N) is 2. The Bertz CT molecular complexity index is 1350. The molecule has 0 saturated heterocycles. The minimum atomic E-state index is -4.35. The van der Waals surface area contributed by atoms with Gasteiger partial charge in [0, 0.05) is 30.7 Å². The van der Waals surface area contributed by atoms with Crippen molar-refractivity contribution in [1.29, 1.82) is 0 Å². The van der Waals surface area contributed by atoms with Gasteiger partial charge in [-0.25, -0.2) is 21.9 Å². The highest BCUT2D eigenvalue weighted by Gasteiger charge is 2.43. The average molecular weight is 532 g/mol. The molecule has 0 radical (unpaired) electrons. The van der Waals surface area contributed by atoms with Crippen molar-refractivity contribution >= 4 is 29.1 Å². The van der Waals surface area contributed by atoms with Crippen molar-refractivity contribution in [2.45, 2.75) is 37.9 Å². The van der Waals surface area contributed by atoms with Crippen LogP contribution in [-0.4, -0.2) is 38.4 Å². The van der Waals surface area contributed by atoms with Crippen molar-refractivity contribution in [3.8, 4) is 11.5 Å². The van der Waals surface area contributed by atoms with E-state index in [-0.39, 0.29) is 22.9 Å². The molecule has 0 bridgehead atoms. The number of pyridine rings is 1. The van der Waals surface area contributed by atoms with Gasteiger partial charge in [0.05, 0.1) is 12.3 Å². The molecule has 3 aromatic rings. The average Bonchev–Trinajstić information content (AvgIpc) is 2.82. The van der Waals surface area contributed by atoms with Gasteiger partial charge in [0.15, 0.2) is 5.28 Å². The number of anilines is 2. The molecule has 3 rings (SSSR count). The van der Waals surface area contributed by atoms with Crippen molar-refractivity contribution in [3.63, 3.8) is 0 Å². The van der Waals surface area contributed by atoms with Gasteiger partial charge in [-0.05, 0) is 69.7 Å². The van der Waals surface area contributed by atoms with Crippen LogP contribution in [0.5, 0.6) is 11.5 Å². The summed E-state index contributed by atoms with van der Waals surface area (Å²) in [4.78, 5) is 3.85. The molecule has 0 aliphatic rings. The van der Waals surface area contributed by atoms with E-state index in [2.05, 4.69) is 10.3 Å². The molecule has 0 unspecified atom stereocenters. The van der Waals surface area contributed by atoms with Crippen molar-refractivity contribution in [2.75, 3.05) is 29.4 Å². The molecule has 1 N–H and O–H groups in total. The second-order valence-corrected chi connectivity index (χ2v) is 11.8. The van der Waals surface area contributed by atoms with Gasteiger partial charge in [-0.15, -0.1) is 0 Å². The number of benzene rings is 2. The Morgan fingerprint density at radius 2 is 1.72 bits per heavy atom. The molecule has 0 atom stereocenters. The number of rotatable bonds is 12. The zero-order valence-corrected chi connectivity index (χ0v) is 22.4. The van der Waals surface area contributed by atoms with Gasteiger partial charge in [-0.1, -0.05) is 12.1 Å². The number of hydrogen-bond acceptors (Lipinski definition) is 8. The van der Waals surface area contributed by atoms with Crippen molar-refractivity contribution in [1.82, 2.24) is 4.98 Å². The summed E-state index contributed by atoms with van der Waals surface area (Å²) in [6.45, 7) is 7.27. The first-order valence-corrected chi connectivity index (χ1v) is 14.0. The third kappa shape index (κ3) is 6.25. The normalized spacial score (nSPS) is 11.6. The SMILES string of the molecule is CCOc1ccccc1S(=O)(=O)N(c1cc(C)cc(OCCNc2ccncc2)c1)C(C)(C)P(=O)=O. The summed E-state index contributed by atoms with van der Waals surface area (Å²) in [6, 6.07) is 14.7. The van der Waals surface area contributed by atoms with Crippen LogP contribution in [0.3, 0.4) is 0 Å². The lowest BCUT2D eigenvalue weighted by atomic mass is 10.2. The maximum Gasteiger partial charge on any atom is 0.342 e. The van der Waals surface area contributed by atoms with E-state index in [1.54, 1.807) is 56.6 Å². The Kier molecular flexibility index (Phi) is 8.76. The lowest BCUT2D eigenvalue weighted by molar-refractivity contribution is 0.331. The van der Waals surface area contributed by atoms with Gasteiger partial charge >= 0.3 is 7.68 Å².